The standard InChI is InChI=1S/C24H33N5O4S/c1-24(2,3)22-25-19(33-28-22)14-34-23-27-26-21(29(23)16-10-8-7-9-11-16)15-12-17(30-4)20(32-6)18(13-15)31-5/h12-13,16H,7-11,14H2,1-6H3. The number of aromatic nitrogens is 5. The lowest BCUT2D eigenvalue weighted by molar-refractivity contribution is 0.324. The minimum atomic E-state index is -0.159. The van der Waals surface area contributed by atoms with E-state index >= 15 is 0 Å². The zero-order chi connectivity index (χ0) is 24.3. The van der Waals surface area contributed by atoms with Gasteiger partial charge in [-0.25, -0.2) is 0 Å². The van der Waals surface area contributed by atoms with Crippen molar-refractivity contribution < 1.29 is 18.7 Å². The first kappa shape index (κ1) is 24.4. The van der Waals surface area contributed by atoms with Gasteiger partial charge < -0.3 is 18.7 Å². The van der Waals surface area contributed by atoms with Gasteiger partial charge in [-0.1, -0.05) is 57.0 Å². The van der Waals surface area contributed by atoms with Crippen LogP contribution in [0.15, 0.2) is 21.8 Å². The number of rotatable bonds is 8. The molecule has 0 atom stereocenters. The van der Waals surface area contributed by atoms with E-state index in [-0.39, 0.29) is 5.41 Å². The number of hydrogen-bond acceptors (Lipinski definition) is 9. The molecule has 2 aromatic heterocycles. The van der Waals surface area contributed by atoms with Crippen molar-refractivity contribution in [3.63, 3.8) is 0 Å². The average Bonchev–Trinajstić information content (AvgIpc) is 3.49. The Balaban J connectivity index is 1.70. The van der Waals surface area contributed by atoms with Crippen LogP contribution in [0.5, 0.6) is 17.2 Å². The van der Waals surface area contributed by atoms with Gasteiger partial charge in [-0.05, 0) is 25.0 Å². The van der Waals surface area contributed by atoms with Crippen molar-refractivity contribution in [2.45, 2.75) is 75.2 Å². The summed E-state index contributed by atoms with van der Waals surface area (Å²) in [4.78, 5) is 4.57. The molecule has 0 saturated heterocycles. The van der Waals surface area contributed by atoms with Gasteiger partial charge in [0.2, 0.25) is 11.6 Å². The Morgan fingerprint density at radius 3 is 2.24 bits per heavy atom. The molecule has 0 N–H and O–H groups in total. The molecule has 0 spiro atoms. The average molecular weight is 488 g/mol. The summed E-state index contributed by atoms with van der Waals surface area (Å²) in [5.74, 6) is 4.34. The lowest BCUT2D eigenvalue weighted by atomic mass is 9.95. The molecule has 4 rings (SSSR count). The first-order valence-electron chi connectivity index (χ1n) is 11.6. The highest BCUT2D eigenvalue weighted by Crippen LogP contribution is 2.43. The normalized spacial score (nSPS) is 14.9. The van der Waals surface area contributed by atoms with Gasteiger partial charge in [0, 0.05) is 17.0 Å². The molecule has 1 aromatic carbocycles. The van der Waals surface area contributed by atoms with Gasteiger partial charge in [-0.2, -0.15) is 4.98 Å². The predicted molar refractivity (Wildman–Crippen MR) is 130 cm³/mol. The zero-order valence-corrected chi connectivity index (χ0v) is 21.6. The third-order valence-corrected chi connectivity index (χ3v) is 6.92. The summed E-state index contributed by atoms with van der Waals surface area (Å²) >= 11 is 1.57. The Morgan fingerprint density at radius 1 is 1.00 bits per heavy atom. The van der Waals surface area contributed by atoms with E-state index in [0.29, 0.717) is 40.8 Å². The molecule has 2 heterocycles. The van der Waals surface area contributed by atoms with Crippen molar-refractivity contribution >= 4 is 11.8 Å². The van der Waals surface area contributed by atoms with Gasteiger partial charge in [0.25, 0.3) is 0 Å². The number of methoxy groups -OCH3 is 3. The van der Waals surface area contributed by atoms with Crippen LogP contribution < -0.4 is 14.2 Å². The topological polar surface area (TPSA) is 97.3 Å². The van der Waals surface area contributed by atoms with Crippen molar-refractivity contribution in [2.24, 2.45) is 0 Å². The summed E-state index contributed by atoms with van der Waals surface area (Å²) in [7, 11) is 4.83. The van der Waals surface area contributed by atoms with Gasteiger partial charge in [-0.3, -0.25) is 4.57 Å². The van der Waals surface area contributed by atoms with Crippen LogP contribution in [0, 0.1) is 0 Å². The first-order chi connectivity index (χ1) is 16.4. The Kier molecular flexibility index (Phi) is 7.35. The highest BCUT2D eigenvalue weighted by molar-refractivity contribution is 7.98. The SMILES string of the molecule is COc1cc(-c2nnc(SCc3nc(C(C)(C)C)no3)n2C2CCCCC2)cc(OC)c1OC. The molecule has 1 aliphatic rings. The minimum Gasteiger partial charge on any atom is -0.493 e. The van der Waals surface area contributed by atoms with Crippen molar-refractivity contribution in [1.82, 2.24) is 24.9 Å². The van der Waals surface area contributed by atoms with Gasteiger partial charge in [-0.15, -0.1) is 10.2 Å². The predicted octanol–water partition coefficient (Wildman–Crippen LogP) is 5.45. The number of ether oxygens (including phenoxy) is 3. The van der Waals surface area contributed by atoms with Crippen LogP contribution in [-0.2, 0) is 11.2 Å². The summed E-state index contributed by atoms with van der Waals surface area (Å²) < 4.78 is 24.4. The highest BCUT2D eigenvalue weighted by Gasteiger charge is 2.27. The van der Waals surface area contributed by atoms with E-state index in [4.69, 9.17) is 18.7 Å². The molecule has 0 bridgehead atoms. The van der Waals surface area contributed by atoms with Crippen LogP contribution in [-0.4, -0.2) is 46.2 Å². The second-order valence-electron chi connectivity index (χ2n) is 9.43. The molecular weight excluding hydrogens is 454 g/mol. The van der Waals surface area contributed by atoms with E-state index < -0.39 is 0 Å². The van der Waals surface area contributed by atoms with E-state index in [2.05, 4.69) is 45.7 Å². The monoisotopic (exact) mass is 487 g/mol. The lowest BCUT2D eigenvalue weighted by Gasteiger charge is -2.25. The molecule has 34 heavy (non-hydrogen) atoms. The van der Waals surface area contributed by atoms with E-state index in [1.807, 2.05) is 12.1 Å². The molecule has 1 aliphatic carbocycles. The second kappa shape index (κ2) is 10.2. The number of nitrogens with zero attached hydrogens (tertiary/aromatic N) is 5. The summed E-state index contributed by atoms with van der Waals surface area (Å²) in [5.41, 5.74) is 0.709. The van der Waals surface area contributed by atoms with Gasteiger partial charge in [0.1, 0.15) is 0 Å². The summed E-state index contributed by atoms with van der Waals surface area (Å²) in [6, 6.07) is 4.17. The molecule has 0 radical (unpaired) electrons. The number of benzene rings is 1. The number of hydrogen-bond donors (Lipinski definition) is 0. The van der Waals surface area contributed by atoms with E-state index in [0.717, 1.165) is 29.4 Å². The minimum absolute atomic E-state index is 0.159. The van der Waals surface area contributed by atoms with Crippen molar-refractivity contribution in [2.75, 3.05) is 21.3 Å². The third kappa shape index (κ3) is 5.01. The van der Waals surface area contributed by atoms with Crippen LogP contribution in [0.4, 0.5) is 0 Å². The molecule has 0 amide bonds. The van der Waals surface area contributed by atoms with E-state index in [1.54, 1.807) is 33.1 Å². The Labute approximate surface area is 204 Å². The maximum absolute atomic E-state index is 5.57. The molecule has 0 unspecified atom stereocenters. The van der Waals surface area contributed by atoms with Gasteiger partial charge in [0.15, 0.2) is 28.3 Å². The molecular formula is C24H33N5O4S. The summed E-state index contributed by atoms with van der Waals surface area (Å²) in [6.45, 7) is 6.20. The summed E-state index contributed by atoms with van der Waals surface area (Å²) in [5, 5.41) is 14.1. The van der Waals surface area contributed by atoms with Crippen molar-refractivity contribution in [3.05, 3.63) is 23.8 Å². The highest BCUT2D eigenvalue weighted by atomic mass is 32.2. The smallest absolute Gasteiger partial charge is 0.237 e. The molecule has 1 saturated carbocycles. The zero-order valence-electron chi connectivity index (χ0n) is 20.8. The fraction of sp³-hybridized carbons (Fsp3) is 0.583. The third-order valence-electron chi connectivity index (χ3n) is 5.99. The Morgan fingerprint density at radius 2 is 1.68 bits per heavy atom. The lowest BCUT2D eigenvalue weighted by Crippen LogP contribution is -2.15. The van der Waals surface area contributed by atoms with Crippen LogP contribution in [0.25, 0.3) is 11.4 Å². The van der Waals surface area contributed by atoms with Crippen molar-refractivity contribution in [3.8, 4) is 28.6 Å². The summed E-state index contributed by atoms with van der Waals surface area (Å²) in [6.07, 6.45) is 5.84. The van der Waals surface area contributed by atoms with E-state index in [9.17, 15) is 0 Å². The fourth-order valence-corrected chi connectivity index (χ4v) is 5.04. The molecule has 3 aromatic rings. The molecule has 184 valence electrons. The Hall–Kier alpha value is -2.75. The van der Waals surface area contributed by atoms with Crippen LogP contribution in [0.3, 0.4) is 0 Å². The van der Waals surface area contributed by atoms with Crippen molar-refractivity contribution in [1.29, 1.82) is 0 Å². The maximum atomic E-state index is 5.57. The van der Waals surface area contributed by atoms with E-state index in [1.165, 1.54) is 19.3 Å². The first-order valence-corrected chi connectivity index (χ1v) is 12.6. The largest absolute Gasteiger partial charge is 0.493 e. The van der Waals surface area contributed by atoms with Crippen LogP contribution in [0.2, 0.25) is 0 Å². The number of thioether (sulfide) groups is 1. The van der Waals surface area contributed by atoms with Gasteiger partial charge in [0.05, 0.1) is 27.1 Å². The quantitative estimate of drug-likeness (QED) is 0.384. The van der Waals surface area contributed by atoms with Gasteiger partial charge >= 0.3 is 0 Å². The van der Waals surface area contributed by atoms with Crippen LogP contribution in [0.1, 0.15) is 70.6 Å². The van der Waals surface area contributed by atoms with Crippen LogP contribution >= 0.6 is 11.8 Å². The second-order valence-corrected chi connectivity index (χ2v) is 10.4. The Bertz CT molecular complexity index is 1090. The fourth-order valence-electron chi connectivity index (χ4n) is 4.20. The molecule has 0 aliphatic heterocycles. The molecule has 10 heteroatoms. The maximum Gasteiger partial charge on any atom is 0.237 e. The molecule has 1 fully saturated rings. The molecule has 9 nitrogen and oxygen atoms in total.